The molecule has 0 aliphatic heterocycles. The van der Waals surface area contributed by atoms with Crippen LogP contribution in [0.4, 0.5) is 0 Å². The highest BCUT2D eigenvalue weighted by Crippen LogP contribution is 2.64. The van der Waals surface area contributed by atoms with Crippen LogP contribution >= 0.6 is 0 Å². The minimum atomic E-state index is -0.455. The molecule has 0 fully saturated rings. The van der Waals surface area contributed by atoms with Gasteiger partial charge in [0.2, 0.25) is 0 Å². The molecule has 0 N–H and O–H groups in total. The number of rotatable bonds is 8. The maximum Gasteiger partial charge on any atom is 0.182 e. The largest absolute Gasteiger partial charge is 0.264 e. The van der Waals surface area contributed by atoms with Gasteiger partial charge in [-0.05, 0) is 99.6 Å². The molecular formula is C62H40N8. The highest BCUT2D eigenvalue weighted by Gasteiger charge is 2.52. The van der Waals surface area contributed by atoms with Crippen LogP contribution in [0.25, 0.3) is 100 Å². The fraction of sp³-hybridized carbons (Fsp3) is 0.0323. The Bertz CT molecular complexity index is 3910. The van der Waals surface area contributed by atoms with E-state index in [2.05, 4.69) is 155 Å². The summed E-state index contributed by atoms with van der Waals surface area (Å²) in [6, 6.07) is 60.2. The molecule has 8 heteroatoms. The first kappa shape index (κ1) is 40.8. The molecule has 2 aliphatic rings. The number of hydrogen-bond acceptors (Lipinski definition) is 8. The number of para-hydroxylation sites is 1. The molecule has 1 spiro atoms. The number of fused-ring (bicyclic) bond motifs is 14. The summed E-state index contributed by atoms with van der Waals surface area (Å²) in [5.41, 5.74) is 18.5. The second-order valence-electron chi connectivity index (χ2n) is 17.6. The van der Waals surface area contributed by atoms with Crippen molar-refractivity contribution in [3.63, 3.8) is 0 Å². The van der Waals surface area contributed by atoms with E-state index in [9.17, 15) is 0 Å². The van der Waals surface area contributed by atoms with E-state index in [1.807, 2.05) is 74.1 Å². The Labute approximate surface area is 404 Å². The second-order valence-corrected chi connectivity index (χ2v) is 17.6. The SMILES string of the molecule is C=N/C(=C\C=C(/C)c1cccnc1)c1nc(-c2ccc(-c3nc4ccccc4c4c5c(ccc34)C3(c4ccccc4-c4ccccc43)c3ccccc3-5)cc2)nc(-c2ccc(-c3cccnc3)cn2)n1. The van der Waals surface area contributed by atoms with Crippen molar-refractivity contribution in [3.8, 4) is 67.5 Å². The topological polar surface area (TPSA) is 103 Å². The Hall–Kier alpha value is -9.40. The molecule has 0 amide bonds. The van der Waals surface area contributed by atoms with Crippen molar-refractivity contribution < 1.29 is 0 Å². The van der Waals surface area contributed by atoms with Crippen LogP contribution in [-0.4, -0.2) is 41.6 Å². The molecule has 0 unspecified atom stereocenters. The Balaban J connectivity index is 0.958. The lowest BCUT2D eigenvalue weighted by Crippen LogP contribution is -2.25. The summed E-state index contributed by atoms with van der Waals surface area (Å²) in [6.07, 6.45) is 12.8. The molecule has 5 heterocycles. The predicted octanol–water partition coefficient (Wildman–Crippen LogP) is 13.9. The highest BCUT2D eigenvalue weighted by atomic mass is 15.1. The van der Waals surface area contributed by atoms with Crippen LogP contribution < -0.4 is 0 Å². The Morgan fingerprint density at radius 1 is 0.500 bits per heavy atom. The zero-order chi connectivity index (χ0) is 46.8. The van der Waals surface area contributed by atoms with Crippen LogP contribution in [0.15, 0.2) is 218 Å². The maximum atomic E-state index is 5.42. The van der Waals surface area contributed by atoms with Crippen molar-refractivity contribution in [3.05, 3.63) is 247 Å². The van der Waals surface area contributed by atoms with Gasteiger partial charge in [-0.25, -0.2) is 19.9 Å². The maximum absolute atomic E-state index is 5.42. The molecular weight excluding hydrogens is 857 g/mol. The van der Waals surface area contributed by atoms with Gasteiger partial charge in [-0.15, -0.1) is 0 Å². The van der Waals surface area contributed by atoms with Crippen LogP contribution in [0.2, 0.25) is 0 Å². The molecule has 0 atom stereocenters. The number of aliphatic imine (C=N–C) groups is 1. The van der Waals surface area contributed by atoms with E-state index in [1.165, 1.54) is 49.9 Å². The zero-order valence-electron chi connectivity index (χ0n) is 38.0. The first-order valence-corrected chi connectivity index (χ1v) is 23.2. The predicted molar refractivity (Wildman–Crippen MR) is 282 cm³/mol. The quantitative estimate of drug-likeness (QED) is 0.0850. The number of aromatic nitrogens is 7. The van der Waals surface area contributed by atoms with Gasteiger partial charge in [0.05, 0.1) is 16.6 Å². The smallest absolute Gasteiger partial charge is 0.182 e. The molecule has 0 radical (unpaired) electrons. The van der Waals surface area contributed by atoms with Crippen molar-refractivity contribution in [2.24, 2.45) is 4.99 Å². The molecule has 8 nitrogen and oxygen atoms in total. The minimum Gasteiger partial charge on any atom is -0.264 e. The summed E-state index contributed by atoms with van der Waals surface area (Å²) in [5, 5.41) is 3.41. The average Bonchev–Trinajstić information content (AvgIpc) is 3.91. The molecule has 13 rings (SSSR count). The van der Waals surface area contributed by atoms with Crippen molar-refractivity contribution in [1.82, 2.24) is 34.9 Å². The van der Waals surface area contributed by atoms with Gasteiger partial charge < -0.3 is 0 Å². The number of benzene rings is 6. The number of nitrogens with zero attached hydrogens (tertiary/aromatic N) is 8. The first-order chi connectivity index (χ1) is 34.6. The lowest BCUT2D eigenvalue weighted by atomic mass is 9.70. The standard InChI is InChI=1S/C62H40N8/c1-38(41-13-11-33-64-35-41)23-31-54(63-2)60-68-59(69-61(70-60)55-32-28-43(37-66-55)42-14-12-34-65-36-42)40-26-24-39(25-27-40)58-48-29-30-52-57(56(48)47-18-6-10-22-53(47)67-58)46-17-5-9-21-51(46)62(52)49-19-7-3-15-44(49)45-16-4-8-20-50(45)62/h3-37H,2H2,1H3/b38-23+,54-31-. The molecule has 328 valence electrons. The van der Waals surface area contributed by atoms with E-state index in [0.29, 0.717) is 28.9 Å². The summed E-state index contributed by atoms with van der Waals surface area (Å²) in [6.45, 7) is 5.94. The van der Waals surface area contributed by atoms with Crippen molar-refractivity contribution >= 4 is 39.7 Å². The van der Waals surface area contributed by atoms with Gasteiger partial charge in [-0.3, -0.25) is 19.9 Å². The van der Waals surface area contributed by atoms with Crippen LogP contribution in [0.3, 0.4) is 0 Å². The van der Waals surface area contributed by atoms with Gasteiger partial charge in [0, 0.05) is 69.4 Å². The summed E-state index contributed by atoms with van der Waals surface area (Å²) in [4.78, 5) is 38.2. The summed E-state index contributed by atoms with van der Waals surface area (Å²) in [5.74, 6) is 1.25. The number of pyridine rings is 4. The van der Waals surface area contributed by atoms with Gasteiger partial charge in [-0.2, -0.15) is 0 Å². The normalized spacial score (nSPS) is 13.3. The minimum absolute atomic E-state index is 0.369. The van der Waals surface area contributed by atoms with E-state index >= 15 is 0 Å². The zero-order valence-corrected chi connectivity index (χ0v) is 38.0. The van der Waals surface area contributed by atoms with Crippen LogP contribution in [-0.2, 0) is 5.41 Å². The summed E-state index contributed by atoms with van der Waals surface area (Å²) < 4.78 is 0. The van der Waals surface area contributed by atoms with Gasteiger partial charge >= 0.3 is 0 Å². The van der Waals surface area contributed by atoms with Gasteiger partial charge in [0.25, 0.3) is 0 Å². The molecule has 0 saturated carbocycles. The van der Waals surface area contributed by atoms with Crippen LogP contribution in [0.5, 0.6) is 0 Å². The number of allylic oxidation sites excluding steroid dienone is 3. The van der Waals surface area contributed by atoms with E-state index in [1.54, 1.807) is 12.4 Å². The third kappa shape index (κ3) is 6.38. The van der Waals surface area contributed by atoms with E-state index in [0.717, 1.165) is 55.4 Å². The molecule has 0 bridgehead atoms. The lowest BCUT2D eigenvalue weighted by Gasteiger charge is -2.30. The van der Waals surface area contributed by atoms with E-state index in [4.69, 9.17) is 24.9 Å². The Kier molecular flexibility index (Phi) is 9.59. The van der Waals surface area contributed by atoms with Crippen LogP contribution in [0.1, 0.15) is 40.6 Å². The highest BCUT2D eigenvalue weighted by molar-refractivity contribution is 6.20. The van der Waals surface area contributed by atoms with Crippen molar-refractivity contribution in [1.29, 1.82) is 0 Å². The fourth-order valence-electron chi connectivity index (χ4n) is 10.7. The third-order valence-electron chi connectivity index (χ3n) is 13.9. The molecule has 70 heavy (non-hydrogen) atoms. The number of hydrogen-bond donors (Lipinski definition) is 0. The monoisotopic (exact) mass is 896 g/mol. The van der Waals surface area contributed by atoms with E-state index < -0.39 is 5.41 Å². The molecule has 5 aromatic heterocycles. The van der Waals surface area contributed by atoms with Crippen molar-refractivity contribution in [2.45, 2.75) is 12.3 Å². The molecule has 6 aromatic carbocycles. The third-order valence-corrected chi connectivity index (χ3v) is 13.9. The Morgan fingerprint density at radius 2 is 1.14 bits per heavy atom. The van der Waals surface area contributed by atoms with Crippen molar-refractivity contribution in [2.75, 3.05) is 0 Å². The Morgan fingerprint density at radius 3 is 1.84 bits per heavy atom. The van der Waals surface area contributed by atoms with Gasteiger partial charge in [0.15, 0.2) is 17.5 Å². The van der Waals surface area contributed by atoms with E-state index in [-0.39, 0.29) is 0 Å². The van der Waals surface area contributed by atoms with Gasteiger partial charge in [-0.1, -0.05) is 152 Å². The molecule has 2 aliphatic carbocycles. The summed E-state index contributed by atoms with van der Waals surface area (Å²) >= 11 is 0. The lowest BCUT2D eigenvalue weighted by molar-refractivity contribution is 0.794. The van der Waals surface area contributed by atoms with Crippen LogP contribution in [0, 0.1) is 0 Å². The first-order valence-electron chi connectivity index (χ1n) is 23.2. The van der Waals surface area contributed by atoms with Gasteiger partial charge in [0.1, 0.15) is 11.4 Å². The molecule has 11 aromatic rings. The second kappa shape index (κ2) is 16.4. The average molecular weight is 897 g/mol. The molecule has 0 saturated heterocycles. The fourth-order valence-corrected chi connectivity index (χ4v) is 10.7. The summed E-state index contributed by atoms with van der Waals surface area (Å²) in [7, 11) is 0.